The highest BCUT2D eigenvalue weighted by atomic mass is 16.3. The molecule has 0 saturated carbocycles. The Morgan fingerprint density at radius 1 is 1.28 bits per heavy atom. The SMILES string of the molecule is CCN=C(N=O)C1=Cc2cc(C)cc(C)c2NC1NCCC(N)C(C)CC(C)C. The Morgan fingerprint density at radius 2 is 2.00 bits per heavy atom. The first-order chi connectivity index (χ1) is 13.8. The Labute approximate surface area is 175 Å². The van der Waals surface area contributed by atoms with Crippen LogP contribution >= 0.6 is 0 Å². The fourth-order valence-electron chi connectivity index (χ4n) is 4.06. The highest BCUT2D eigenvalue weighted by Crippen LogP contribution is 2.31. The lowest BCUT2D eigenvalue weighted by Gasteiger charge is -2.30. The minimum absolute atomic E-state index is 0.144. The van der Waals surface area contributed by atoms with Crippen molar-refractivity contribution in [1.82, 2.24) is 5.32 Å². The van der Waals surface area contributed by atoms with Crippen LogP contribution in [0.3, 0.4) is 0 Å². The van der Waals surface area contributed by atoms with Crippen LogP contribution in [0.1, 0.15) is 57.2 Å². The Bertz CT molecular complexity index is 769. The average Bonchev–Trinajstić information content (AvgIpc) is 2.65. The normalized spacial score (nSPS) is 18.7. The lowest BCUT2D eigenvalue weighted by molar-refractivity contribution is 0.353. The van der Waals surface area contributed by atoms with E-state index in [9.17, 15) is 4.91 Å². The van der Waals surface area contributed by atoms with E-state index in [0.29, 0.717) is 18.4 Å². The summed E-state index contributed by atoms with van der Waals surface area (Å²) >= 11 is 0. The van der Waals surface area contributed by atoms with Gasteiger partial charge in [0.15, 0.2) is 5.84 Å². The molecule has 0 fully saturated rings. The minimum Gasteiger partial charge on any atom is -0.365 e. The van der Waals surface area contributed by atoms with E-state index in [4.69, 9.17) is 5.73 Å². The smallest absolute Gasteiger partial charge is 0.198 e. The molecular weight excluding hydrogens is 362 g/mol. The quantitative estimate of drug-likeness (QED) is 0.321. The third-order valence-corrected chi connectivity index (χ3v) is 5.47. The van der Waals surface area contributed by atoms with Crippen LogP contribution in [0.5, 0.6) is 0 Å². The second-order valence-corrected chi connectivity index (χ2v) is 8.63. The van der Waals surface area contributed by atoms with Crippen LogP contribution in [0.4, 0.5) is 5.69 Å². The number of rotatable bonds is 9. The Morgan fingerprint density at radius 3 is 2.62 bits per heavy atom. The van der Waals surface area contributed by atoms with E-state index in [1.54, 1.807) is 0 Å². The lowest BCUT2D eigenvalue weighted by atomic mass is 9.91. The predicted molar refractivity (Wildman–Crippen MR) is 124 cm³/mol. The van der Waals surface area contributed by atoms with Gasteiger partial charge in [-0.05, 0) is 80.4 Å². The van der Waals surface area contributed by atoms with Crippen LogP contribution in [-0.4, -0.2) is 31.1 Å². The molecule has 1 aromatic carbocycles. The van der Waals surface area contributed by atoms with E-state index in [2.05, 4.69) is 67.6 Å². The van der Waals surface area contributed by atoms with E-state index in [1.807, 2.05) is 13.0 Å². The molecule has 3 unspecified atom stereocenters. The van der Waals surface area contributed by atoms with Gasteiger partial charge in [0.2, 0.25) is 0 Å². The molecule has 4 N–H and O–H groups in total. The number of nitrogens with one attached hydrogen (secondary N) is 2. The van der Waals surface area contributed by atoms with E-state index in [1.165, 1.54) is 11.1 Å². The van der Waals surface area contributed by atoms with E-state index < -0.39 is 0 Å². The minimum atomic E-state index is -0.223. The van der Waals surface area contributed by atoms with E-state index >= 15 is 0 Å². The maximum Gasteiger partial charge on any atom is 0.198 e. The molecule has 0 saturated heterocycles. The van der Waals surface area contributed by atoms with Crippen molar-refractivity contribution in [2.45, 2.75) is 66.6 Å². The summed E-state index contributed by atoms with van der Waals surface area (Å²) < 4.78 is 0. The van der Waals surface area contributed by atoms with Gasteiger partial charge in [0.1, 0.15) is 6.17 Å². The third kappa shape index (κ3) is 6.21. The number of aliphatic imine (C=N–C) groups is 1. The summed E-state index contributed by atoms with van der Waals surface area (Å²) in [6.07, 6.45) is 3.80. The van der Waals surface area contributed by atoms with Gasteiger partial charge in [-0.25, -0.2) is 0 Å². The Hall–Kier alpha value is -2.05. The predicted octanol–water partition coefficient (Wildman–Crippen LogP) is 4.61. The summed E-state index contributed by atoms with van der Waals surface area (Å²) in [6.45, 7) is 14.0. The molecule has 1 aliphatic heterocycles. The van der Waals surface area contributed by atoms with Gasteiger partial charge in [-0.3, -0.25) is 10.3 Å². The second kappa shape index (κ2) is 10.6. The van der Waals surface area contributed by atoms with Crippen LogP contribution in [-0.2, 0) is 0 Å². The van der Waals surface area contributed by atoms with E-state index in [0.717, 1.165) is 36.2 Å². The fourth-order valence-corrected chi connectivity index (χ4v) is 4.06. The summed E-state index contributed by atoms with van der Waals surface area (Å²) in [5.74, 6) is 1.37. The summed E-state index contributed by atoms with van der Waals surface area (Å²) in [6, 6.07) is 4.42. The number of nitrogens with zero attached hydrogens (tertiary/aromatic N) is 2. The molecule has 2 rings (SSSR count). The van der Waals surface area contributed by atoms with E-state index in [-0.39, 0.29) is 18.0 Å². The zero-order valence-electron chi connectivity index (χ0n) is 18.7. The Kier molecular flexibility index (Phi) is 8.53. The van der Waals surface area contributed by atoms with Crippen molar-refractivity contribution in [1.29, 1.82) is 0 Å². The first-order valence-corrected chi connectivity index (χ1v) is 10.7. The molecule has 29 heavy (non-hydrogen) atoms. The standard InChI is InChI=1S/C23H37N5O/c1-7-25-23(28-29)19-13-18-12-15(4)11-17(6)21(18)27-22(19)26-9-8-20(24)16(5)10-14(2)3/h11-14,16,20,22,26-27H,7-10,24H2,1-6H3. The molecule has 6 nitrogen and oxygen atoms in total. The number of benzene rings is 1. The first kappa shape index (κ1) is 23.2. The molecule has 6 heteroatoms. The van der Waals surface area contributed by atoms with Gasteiger partial charge in [-0.15, -0.1) is 4.91 Å². The molecule has 0 aromatic heterocycles. The summed E-state index contributed by atoms with van der Waals surface area (Å²) in [4.78, 5) is 15.8. The van der Waals surface area contributed by atoms with Gasteiger partial charge in [-0.2, -0.15) is 0 Å². The highest BCUT2D eigenvalue weighted by molar-refractivity contribution is 6.06. The molecule has 0 radical (unpaired) electrons. The molecule has 0 aliphatic carbocycles. The second-order valence-electron chi connectivity index (χ2n) is 8.63. The monoisotopic (exact) mass is 399 g/mol. The highest BCUT2D eigenvalue weighted by Gasteiger charge is 2.26. The van der Waals surface area contributed by atoms with Gasteiger partial charge in [0.05, 0.1) is 0 Å². The number of fused-ring (bicyclic) bond motifs is 1. The average molecular weight is 400 g/mol. The zero-order valence-corrected chi connectivity index (χ0v) is 18.7. The molecule has 3 atom stereocenters. The maximum absolute atomic E-state index is 11.5. The number of amidine groups is 1. The van der Waals surface area contributed by atoms with Crippen LogP contribution in [0.25, 0.3) is 6.08 Å². The van der Waals surface area contributed by atoms with Crippen LogP contribution in [0.15, 0.2) is 27.9 Å². The van der Waals surface area contributed by atoms with Gasteiger partial charge in [0.25, 0.3) is 0 Å². The first-order valence-electron chi connectivity index (χ1n) is 10.7. The lowest BCUT2D eigenvalue weighted by Crippen LogP contribution is -2.44. The number of aryl methyl sites for hydroxylation is 2. The van der Waals surface area contributed by atoms with Gasteiger partial charge in [-0.1, -0.05) is 32.4 Å². The van der Waals surface area contributed by atoms with Crippen molar-refractivity contribution in [2.24, 2.45) is 27.7 Å². The number of nitroso groups, excluding NO2 is 1. The molecule has 0 bridgehead atoms. The number of hydrogen-bond donors (Lipinski definition) is 3. The molecular formula is C23H37N5O. The van der Waals surface area contributed by atoms with Crippen molar-refractivity contribution < 1.29 is 0 Å². The van der Waals surface area contributed by atoms with Gasteiger partial charge in [0, 0.05) is 23.8 Å². The van der Waals surface area contributed by atoms with Crippen molar-refractivity contribution in [3.8, 4) is 0 Å². The molecule has 1 aromatic rings. The molecule has 1 heterocycles. The van der Waals surface area contributed by atoms with Gasteiger partial charge >= 0.3 is 0 Å². The number of hydrogen-bond acceptors (Lipinski definition) is 5. The molecule has 160 valence electrons. The summed E-state index contributed by atoms with van der Waals surface area (Å²) in [5, 5.41) is 10.3. The maximum atomic E-state index is 11.5. The Balaban J connectivity index is 2.19. The molecule has 1 aliphatic rings. The largest absolute Gasteiger partial charge is 0.365 e. The van der Waals surface area contributed by atoms with Crippen molar-refractivity contribution in [3.05, 3.63) is 39.3 Å². The molecule has 0 spiro atoms. The third-order valence-electron chi connectivity index (χ3n) is 5.47. The van der Waals surface area contributed by atoms with Crippen molar-refractivity contribution in [2.75, 3.05) is 18.4 Å². The van der Waals surface area contributed by atoms with Crippen molar-refractivity contribution in [3.63, 3.8) is 0 Å². The number of anilines is 1. The molecule has 0 amide bonds. The van der Waals surface area contributed by atoms with Crippen LogP contribution in [0.2, 0.25) is 0 Å². The zero-order chi connectivity index (χ0) is 21.6. The number of nitrogens with two attached hydrogens (primary N) is 1. The topological polar surface area (TPSA) is 91.9 Å². The van der Waals surface area contributed by atoms with Gasteiger partial charge < -0.3 is 11.1 Å². The van der Waals surface area contributed by atoms with Crippen molar-refractivity contribution >= 4 is 17.6 Å². The fraction of sp³-hybridized carbons (Fsp3) is 0.609. The summed E-state index contributed by atoms with van der Waals surface area (Å²) in [5.41, 5.74) is 11.7. The van der Waals surface area contributed by atoms with Crippen LogP contribution in [0, 0.1) is 30.6 Å². The summed E-state index contributed by atoms with van der Waals surface area (Å²) in [7, 11) is 0. The van der Waals surface area contributed by atoms with Crippen LogP contribution < -0.4 is 16.4 Å².